The highest BCUT2D eigenvalue weighted by Crippen LogP contribution is 2.25. The van der Waals surface area contributed by atoms with Crippen molar-refractivity contribution in [2.45, 2.75) is 13.0 Å². The Morgan fingerprint density at radius 1 is 1.12 bits per heavy atom. The summed E-state index contributed by atoms with van der Waals surface area (Å²) >= 11 is 0. The number of nitrogens with zero attached hydrogens (tertiary/aromatic N) is 1. The normalized spacial score (nSPS) is 11.0. The Hall–Kier alpha value is -3.53. The number of rotatable bonds is 6. The summed E-state index contributed by atoms with van der Waals surface area (Å²) in [5.74, 6) is -0.460. The predicted octanol–water partition coefficient (Wildman–Crippen LogP) is 2.76. The number of carbonyl (C=O) groups is 2. The van der Waals surface area contributed by atoms with Crippen molar-refractivity contribution in [1.29, 1.82) is 5.26 Å². The van der Waals surface area contributed by atoms with E-state index in [4.69, 9.17) is 19.5 Å². The minimum atomic E-state index is -1.05. The Kier molecular flexibility index (Phi) is 6.17. The van der Waals surface area contributed by atoms with Gasteiger partial charge >= 0.3 is 5.97 Å². The van der Waals surface area contributed by atoms with Crippen molar-refractivity contribution in [3.63, 3.8) is 0 Å². The summed E-state index contributed by atoms with van der Waals surface area (Å²) in [6, 6.07) is 13.1. The summed E-state index contributed by atoms with van der Waals surface area (Å²) < 4.78 is 15.4. The van der Waals surface area contributed by atoms with Gasteiger partial charge < -0.3 is 19.5 Å². The molecule has 7 nitrogen and oxygen atoms in total. The number of nitriles is 1. The average Bonchev–Trinajstić information content (AvgIpc) is 2.67. The van der Waals surface area contributed by atoms with E-state index in [0.717, 1.165) is 0 Å². The maximum Gasteiger partial charge on any atom is 0.342 e. The first-order valence-electron chi connectivity index (χ1n) is 7.72. The molecule has 2 aromatic carbocycles. The third kappa shape index (κ3) is 4.51. The number of amides is 1. The number of esters is 1. The molecule has 26 heavy (non-hydrogen) atoms. The van der Waals surface area contributed by atoms with Crippen LogP contribution in [-0.4, -0.2) is 32.2 Å². The highest BCUT2D eigenvalue weighted by molar-refractivity contribution is 5.98. The Balaban J connectivity index is 2.08. The highest BCUT2D eigenvalue weighted by Gasteiger charge is 2.22. The molecule has 1 N–H and O–H groups in total. The summed E-state index contributed by atoms with van der Waals surface area (Å²) in [5, 5.41) is 11.5. The lowest BCUT2D eigenvalue weighted by Crippen LogP contribution is -2.30. The number of hydrogen-bond acceptors (Lipinski definition) is 6. The molecule has 0 aliphatic heterocycles. The van der Waals surface area contributed by atoms with E-state index in [1.54, 1.807) is 30.3 Å². The van der Waals surface area contributed by atoms with Gasteiger partial charge in [0.1, 0.15) is 17.1 Å². The van der Waals surface area contributed by atoms with Crippen LogP contribution in [0, 0.1) is 11.3 Å². The van der Waals surface area contributed by atoms with Crippen molar-refractivity contribution in [3.05, 3.63) is 53.6 Å². The maximum absolute atomic E-state index is 12.4. The van der Waals surface area contributed by atoms with E-state index in [2.05, 4.69) is 5.32 Å². The zero-order chi connectivity index (χ0) is 19.1. The summed E-state index contributed by atoms with van der Waals surface area (Å²) in [7, 11) is 2.90. The lowest BCUT2D eigenvalue weighted by molar-refractivity contribution is -0.123. The molecule has 0 saturated carbocycles. The van der Waals surface area contributed by atoms with E-state index in [1.807, 2.05) is 6.07 Å². The van der Waals surface area contributed by atoms with Crippen LogP contribution in [0.4, 0.5) is 5.69 Å². The van der Waals surface area contributed by atoms with Crippen LogP contribution in [0.1, 0.15) is 22.8 Å². The fourth-order valence-electron chi connectivity index (χ4n) is 2.16. The second-order valence-corrected chi connectivity index (χ2v) is 5.30. The van der Waals surface area contributed by atoms with Crippen molar-refractivity contribution in [2.24, 2.45) is 0 Å². The molecule has 1 atom stereocenters. The van der Waals surface area contributed by atoms with Gasteiger partial charge in [-0.1, -0.05) is 6.07 Å². The average molecular weight is 354 g/mol. The minimum absolute atomic E-state index is 0.151. The molecule has 0 fully saturated rings. The van der Waals surface area contributed by atoms with Crippen LogP contribution >= 0.6 is 0 Å². The van der Waals surface area contributed by atoms with Crippen molar-refractivity contribution < 1.29 is 23.8 Å². The standard InChI is InChI=1S/C19H18N2O5/c1-12(18(22)21-14-6-4-5-13(9-14)11-20)26-19(23)16-10-15(24-2)7-8-17(16)25-3/h4-10,12H,1-3H3,(H,21,22)/t12-/m1/s1. The van der Waals surface area contributed by atoms with Crippen LogP contribution in [0.2, 0.25) is 0 Å². The Morgan fingerprint density at radius 3 is 2.54 bits per heavy atom. The van der Waals surface area contributed by atoms with Gasteiger partial charge in [0, 0.05) is 5.69 Å². The molecule has 0 aliphatic carbocycles. The molecule has 0 unspecified atom stereocenters. The van der Waals surface area contributed by atoms with Crippen LogP contribution in [0.25, 0.3) is 0 Å². The van der Waals surface area contributed by atoms with Crippen LogP contribution in [-0.2, 0) is 9.53 Å². The fourth-order valence-corrected chi connectivity index (χ4v) is 2.16. The van der Waals surface area contributed by atoms with Crippen LogP contribution in [0.3, 0.4) is 0 Å². The molecule has 0 spiro atoms. The van der Waals surface area contributed by atoms with Gasteiger partial charge in [0.25, 0.3) is 5.91 Å². The highest BCUT2D eigenvalue weighted by atomic mass is 16.5. The third-order valence-corrected chi connectivity index (χ3v) is 3.54. The zero-order valence-electron chi connectivity index (χ0n) is 14.6. The number of nitrogens with one attached hydrogen (secondary N) is 1. The summed E-state index contributed by atoms with van der Waals surface area (Å²) in [5.41, 5.74) is 1.00. The number of ether oxygens (including phenoxy) is 3. The largest absolute Gasteiger partial charge is 0.497 e. The molecule has 0 aromatic heterocycles. The van der Waals surface area contributed by atoms with Crippen LogP contribution in [0.5, 0.6) is 11.5 Å². The SMILES string of the molecule is COc1ccc(OC)c(C(=O)O[C@H](C)C(=O)Nc2cccc(C#N)c2)c1. The molecule has 0 aliphatic rings. The van der Waals surface area contributed by atoms with Gasteiger partial charge in [-0.15, -0.1) is 0 Å². The topological polar surface area (TPSA) is 97.7 Å². The quantitative estimate of drug-likeness (QED) is 0.801. The van der Waals surface area contributed by atoms with Gasteiger partial charge in [0.05, 0.1) is 25.9 Å². The van der Waals surface area contributed by atoms with Crippen molar-refractivity contribution in [2.75, 3.05) is 19.5 Å². The molecule has 2 rings (SSSR count). The number of benzene rings is 2. The molecule has 2 aromatic rings. The Labute approximate surface area is 151 Å². The van der Waals surface area contributed by atoms with Gasteiger partial charge in [-0.3, -0.25) is 4.79 Å². The molecule has 0 radical (unpaired) electrons. The molecule has 7 heteroatoms. The first-order valence-corrected chi connectivity index (χ1v) is 7.72. The molecule has 0 saturated heterocycles. The maximum atomic E-state index is 12.4. The number of methoxy groups -OCH3 is 2. The van der Waals surface area contributed by atoms with Gasteiger partial charge in [-0.2, -0.15) is 5.26 Å². The Morgan fingerprint density at radius 2 is 1.88 bits per heavy atom. The lowest BCUT2D eigenvalue weighted by atomic mass is 10.2. The number of carbonyl (C=O) groups excluding carboxylic acids is 2. The molecule has 134 valence electrons. The van der Waals surface area contributed by atoms with E-state index in [0.29, 0.717) is 22.7 Å². The summed E-state index contributed by atoms with van der Waals surface area (Å²) in [6.45, 7) is 1.45. The predicted molar refractivity (Wildman–Crippen MR) is 94.2 cm³/mol. The van der Waals surface area contributed by atoms with E-state index < -0.39 is 18.0 Å². The molecular formula is C19H18N2O5. The van der Waals surface area contributed by atoms with E-state index in [1.165, 1.54) is 33.3 Å². The van der Waals surface area contributed by atoms with Crippen LogP contribution < -0.4 is 14.8 Å². The Bertz CT molecular complexity index is 857. The van der Waals surface area contributed by atoms with Crippen molar-refractivity contribution in [1.82, 2.24) is 0 Å². The number of hydrogen-bond donors (Lipinski definition) is 1. The monoisotopic (exact) mass is 354 g/mol. The van der Waals surface area contributed by atoms with E-state index in [9.17, 15) is 9.59 Å². The van der Waals surface area contributed by atoms with Gasteiger partial charge in [0.2, 0.25) is 0 Å². The number of anilines is 1. The molecular weight excluding hydrogens is 336 g/mol. The molecule has 0 bridgehead atoms. The first kappa shape index (κ1) is 18.8. The van der Waals surface area contributed by atoms with Gasteiger partial charge in [0.15, 0.2) is 6.10 Å². The first-order chi connectivity index (χ1) is 12.5. The summed E-state index contributed by atoms with van der Waals surface area (Å²) in [6.07, 6.45) is -1.05. The zero-order valence-corrected chi connectivity index (χ0v) is 14.6. The fraction of sp³-hybridized carbons (Fsp3) is 0.211. The van der Waals surface area contributed by atoms with Gasteiger partial charge in [-0.05, 0) is 43.3 Å². The third-order valence-electron chi connectivity index (χ3n) is 3.54. The molecule has 0 heterocycles. The molecule has 1 amide bonds. The van der Waals surface area contributed by atoms with Crippen molar-refractivity contribution in [3.8, 4) is 17.6 Å². The van der Waals surface area contributed by atoms with E-state index in [-0.39, 0.29) is 5.56 Å². The second kappa shape index (κ2) is 8.53. The lowest BCUT2D eigenvalue weighted by Gasteiger charge is -2.15. The summed E-state index contributed by atoms with van der Waals surface area (Å²) in [4.78, 5) is 24.6. The second-order valence-electron chi connectivity index (χ2n) is 5.30. The van der Waals surface area contributed by atoms with E-state index >= 15 is 0 Å². The minimum Gasteiger partial charge on any atom is -0.497 e. The van der Waals surface area contributed by atoms with Crippen LogP contribution in [0.15, 0.2) is 42.5 Å². The van der Waals surface area contributed by atoms with Crippen molar-refractivity contribution >= 4 is 17.6 Å². The van der Waals surface area contributed by atoms with Gasteiger partial charge in [-0.25, -0.2) is 4.79 Å². The smallest absolute Gasteiger partial charge is 0.342 e.